The summed E-state index contributed by atoms with van der Waals surface area (Å²) in [4.78, 5) is 24.5. The molecule has 0 bridgehead atoms. The lowest BCUT2D eigenvalue weighted by atomic mass is 10.1. The Morgan fingerprint density at radius 3 is 2.65 bits per heavy atom. The molecule has 3 aromatic rings. The molecule has 1 N–H and O–H groups in total. The number of hydrogen-bond donors (Lipinski definition) is 1. The van der Waals surface area contributed by atoms with E-state index in [4.69, 9.17) is 27.9 Å². The van der Waals surface area contributed by atoms with Crippen molar-refractivity contribution in [2.24, 2.45) is 0 Å². The Bertz CT molecular complexity index is 1030. The second-order valence-electron chi connectivity index (χ2n) is 5.59. The molecule has 1 aromatic heterocycles. The summed E-state index contributed by atoms with van der Waals surface area (Å²) in [5, 5.41) is 4.67. The number of benzene rings is 2. The molecule has 0 unspecified atom stereocenters. The van der Waals surface area contributed by atoms with Gasteiger partial charge in [-0.1, -0.05) is 29.3 Å². The first-order valence-electron chi connectivity index (χ1n) is 7.99. The van der Waals surface area contributed by atoms with Crippen LogP contribution in [0, 0.1) is 0 Å². The molecule has 2 aromatic carbocycles. The summed E-state index contributed by atoms with van der Waals surface area (Å²) >= 11 is 11.8. The van der Waals surface area contributed by atoms with Crippen LogP contribution in [0.3, 0.4) is 0 Å². The number of amides is 1. The number of ether oxygens (including phenoxy) is 1. The fourth-order valence-corrected chi connectivity index (χ4v) is 2.88. The van der Waals surface area contributed by atoms with E-state index in [1.807, 2.05) is 13.0 Å². The minimum atomic E-state index is -0.345. The number of nitrogens with one attached hydrogen (secondary N) is 1. The summed E-state index contributed by atoms with van der Waals surface area (Å²) < 4.78 is 7.23. The summed E-state index contributed by atoms with van der Waals surface area (Å²) in [6, 6.07) is 11.8. The maximum absolute atomic E-state index is 12.4. The number of nitrogens with zero attached hydrogens (tertiary/aromatic N) is 1. The summed E-state index contributed by atoms with van der Waals surface area (Å²) in [5.74, 6) is 0.134. The number of anilines is 1. The average molecular weight is 391 g/mol. The predicted octanol–water partition coefficient (Wildman–Crippen LogP) is 4.35. The number of aromatic nitrogens is 1. The zero-order valence-electron chi connectivity index (χ0n) is 14.0. The van der Waals surface area contributed by atoms with E-state index >= 15 is 0 Å². The monoisotopic (exact) mass is 390 g/mol. The number of hydrogen-bond acceptors (Lipinski definition) is 3. The van der Waals surface area contributed by atoms with Crippen LogP contribution in [-0.4, -0.2) is 17.1 Å². The van der Waals surface area contributed by atoms with Gasteiger partial charge >= 0.3 is 0 Å². The lowest BCUT2D eigenvalue weighted by Gasteiger charge is -2.11. The van der Waals surface area contributed by atoms with E-state index in [1.165, 1.54) is 0 Å². The minimum absolute atomic E-state index is 0.0873. The van der Waals surface area contributed by atoms with Crippen LogP contribution in [0.1, 0.15) is 6.92 Å². The van der Waals surface area contributed by atoms with E-state index in [-0.39, 0.29) is 18.1 Å². The third-order valence-electron chi connectivity index (χ3n) is 3.88. The van der Waals surface area contributed by atoms with Gasteiger partial charge in [-0.05, 0) is 43.3 Å². The Kier molecular flexibility index (Phi) is 5.49. The largest absolute Gasteiger partial charge is 0.483 e. The Morgan fingerprint density at radius 1 is 1.12 bits per heavy atom. The van der Waals surface area contributed by atoms with Gasteiger partial charge in [0.1, 0.15) is 5.75 Å². The maximum atomic E-state index is 12.4. The van der Waals surface area contributed by atoms with Crippen molar-refractivity contribution in [2.75, 3.05) is 11.9 Å². The number of carbonyl (C=O) groups is 1. The molecule has 0 aliphatic carbocycles. The summed E-state index contributed by atoms with van der Waals surface area (Å²) in [6.45, 7) is 2.29. The van der Waals surface area contributed by atoms with Crippen molar-refractivity contribution in [3.05, 3.63) is 69.1 Å². The molecule has 3 rings (SSSR count). The first kappa shape index (κ1) is 18.3. The zero-order chi connectivity index (χ0) is 18.7. The second-order valence-corrected chi connectivity index (χ2v) is 6.40. The molecule has 0 radical (unpaired) electrons. The molecule has 0 saturated carbocycles. The highest BCUT2D eigenvalue weighted by Gasteiger charge is 2.10. The molecular weight excluding hydrogens is 375 g/mol. The molecule has 0 aliphatic heterocycles. The van der Waals surface area contributed by atoms with Crippen molar-refractivity contribution in [1.82, 2.24) is 4.57 Å². The van der Waals surface area contributed by atoms with E-state index in [0.717, 1.165) is 0 Å². The SMILES string of the molecule is CCn1ccc2c(OCC(=O)Nc3ccc(Cl)c(Cl)c3)cccc2c1=O. The fraction of sp³-hybridized carbons (Fsp3) is 0.158. The normalized spacial score (nSPS) is 10.7. The summed E-state index contributed by atoms with van der Waals surface area (Å²) in [6.07, 6.45) is 1.72. The van der Waals surface area contributed by atoms with Gasteiger partial charge in [-0.25, -0.2) is 0 Å². The van der Waals surface area contributed by atoms with Crippen molar-refractivity contribution >= 4 is 45.6 Å². The number of fused-ring (bicyclic) bond motifs is 1. The topological polar surface area (TPSA) is 60.3 Å². The lowest BCUT2D eigenvalue weighted by molar-refractivity contribution is -0.118. The Morgan fingerprint density at radius 2 is 1.92 bits per heavy atom. The maximum Gasteiger partial charge on any atom is 0.262 e. The molecule has 1 amide bonds. The molecule has 1 heterocycles. The van der Waals surface area contributed by atoms with Crippen molar-refractivity contribution in [3.63, 3.8) is 0 Å². The van der Waals surface area contributed by atoms with Crippen LogP contribution in [0.15, 0.2) is 53.5 Å². The third-order valence-corrected chi connectivity index (χ3v) is 4.62. The molecule has 5 nitrogen and oxygen atoms in total. The second kappa shape index (κ2) is 7.81. The van der Waals surface area contributed by atoms with Crippen LogP contribution in [0.4, 0.5) is 5.69 Å². The number of aryl methyl sites for hydroxylation is 1. The smallest absolute Gasteiger partial charge is 0.262 e. The van der Waals surface area contributed by atoms with Gasteiger partial charge in [-0.15, -0.1) is 0 Å². The Balaban J connectivity index is 1.75. The first-order valence-corrected chi connectivity index (χ1v) is 8.75. The number of pyridine rings is 1. The third kappa shape index (κ3) is 3.84. The van der Waals surface area contributed by atoms with E-state index in [0.29, 0.717) is 38.8 Å². The van der Waals surface area contributed by atoms with Crippen molar-refractivity contribution in [2.45, 2.75) is 13.5 Å². The average Bonchev–Trinajstić information content (AvgIpc) is 2.63. The zero-order valence-corrected chi connectivity index (χ0v) is 15.5. The summed E-state index contributed by atoms with van der Waals surface area (Å²) in [5.41, 5.74) is 0.437. The van der Waals surface area contributed by atoms with Gasteiger partial charge in [0, 0.05) is 23.8 Å². The minimum Gasteiger partial charge on any atom is -0.483 e. The number of carbonyl (C=O) groups excluding carboxylic acids is 1. The molecule has 0 aliphatic rings. The molecule has 0 fully saturated rings. The van der Waals surface area contributed by atoms with Crippen molar-refractivity contribution in [3.8, 4) is 5.75 Å². The highest BCUT2D eigenvalue weighted by molar-refractivity contribution is 6.42. The molecular formula is C19H16Cl2N2O3. The van der Waals surface area contributed by atoms with Crippen LogP contribution >= 0.6 is 23.2 Å². The van der Waals surface area contributed by atoms with Gasteiger partial charge < -0.3 is 14.6 Å². The predicted molar refractivity (Wildman–Crippen MR) is 104 cm³/mol. The van der Waals surface area contributed by atoms with Crippen LogP contribution in [0.25, 0.3) is 10.8 Å². The van der Waals surface area contributed by atoms with Gasteiger partial charge in [0.2, 0.25) is 0 Å². The molecule has 134 valence electrons. The highest BCUT2D eigenvalue weighted by atomic mass is 35.5. The highest BCUT2D eigenvalue weighted by Crippen LogP contribution is 2.25. The fourth-order valence-electron chi connectivity index (χ4n) is 2.58. The first-order chi connectivity index (χ1) is 12.5. The van der Waals surface area contributed by atoms with Crippen molar-refractivity contribution < 1.29 is 9.53 Å². The number of halogens is 2. The molecule has 26 heavy (non-hydrogen) atoms. The van der Waals surface area contributed by atoms with Gasteiger partial charge in [-0.3, -0.25) is 9.59 Å². The van der Waals surface area contributed by atoms with Gasteiger partial charge in [0.05, 0.1) is 15.4 Å². The summed E-state index contributed by atoms with van der Waals surface area (Å²) in [7, 11) is 0. The van der Waals surface area contributed by atoms with Crippen LogP contribution in [0.2, 0.25) is 10.0 Å². The van der Waals surface area contributed by atoms with Crippen molar-refractivity contribution in [1.29, 1.82) is 0 Å². The Hall–Kier alpha value is -2.50. The standard InChI is InChI=1S/C19H16Cl2N2O3/c1-2-23-9-8-13-14(19(23)25)4-3-5-17(13)26-11-18(24)22-12-6-7-15(20)16(21)10-12/h3-10H,2,11H2,1H3,(H,22,24). The van der Waals surface area contributed by atoms with Gasteiger partial charge in [0.25, 0.3) is 11.5 Å². The van der Waals surface area contributed by atoms with Crippen LogP contribution in [-0.2, 0) is 11.3 Å². The molecule has 7 heteroatoms. The quantitative estimate of drug-likeness (QED) is 0.704. The molecule has 0 saturated heterocycles. The van der Waals surface area contributed by atoms with Gasteiger partial charge in [0.15, 0.2) is 6.61 Å². The van der Waals surface area contributed by atoms with E-state index < -0.39 is 0 Å². The van der Waals surface area contributed by atoms with Gasteiger partial charge in [-0.2, -0.15) is 0 Å². The Labute approximate surface area is 160 Å². The van der Waals surface area contributed by atoms with E-state index in [1.54, 1.807) is 47.2 Å². The molecule has 0 atom stereocenters. The molecule has 0 spiro atoms. The lowest BCUT2D eigenvalue weighted by Crippen LogP contribution is -2.21. The number of rotatable bonds is 5. The van der Waals surface area contributed by atoms with Crippen LogP contribution < -0.4 is 15.6 Å². The van der Waals surface area contributed by atoms with E-state index in [9.17, 15) is 9.59 Å². The van der Waals surface area contributed by atoms with E-state index in [2.05, 4.69) is 5.32 Å². The van der Waals surface area contributed by atoms with Crippen LogP contribution in [0.5, 0.6) is 5.75 Å².